The summed E-state index contributed by atoms with van der Waals surface area (Å²) in [6.07, 6.45) is 2.19. The van der Waals surface area contributed by atoms with E-state index >= 15 is 0 Å². The van der Waals surface area contributed by atoms with Crippen molar-refractivity contribution in [3.05, 3.63) is 39.4 Å². The summed E-state index contributed by atoms with van der Waals surface area (Å²) in [6, 6.07) is 4.33. The van der Waals surface area contributed by atoms with Gasteiger partial charge in [-0.25, -0.2) is 0 Å². The van der Waals surface area contributed by atoms with Crippen molar-refractivity contribution in [2.24, 2.45) is 0 Å². The van der Waals surface area contributed by atoms with Gasteiger partial charge in [-0.05, 0) is 51.0 Å². The molecule has 0 aromatic heterocycles. The molecule has 0 saturated heterocycles. The van der Waals surface area contributed by atoms with E-state index in [1.165, 1.54) is 26.9 Å². The molecule has 0 aliphatic rings. The second kappa shape index (κ2) is 5.36. The van der Waals surface area contributed by atoms with Crippen LogP contribution in [0, 0.1) is 13.8 Å². The van der Waals surface area contributed by atoms with E-state index in [2.05, 4.69) is 67.2 Å². The standard InChI is InChI=1S/C13H18BrN/c1-9(2)5-6-15-12-7-10(3)13(14)11(4)8-12/h5,7-8,15H,6H2,1-4H3. The monoisotopic (exact) mass is 267 g/mol. The highest BCUT2D eigenvalue weighted by molar-refractivity contribution is 9.10. The maximum Gasteiger partial charge on any atom is 0.0348 e. The van der Waals surface area contributed by atoms with Crippen molar-refractivity contribution >= 4 is 21.6 Å². The van der Waals surface area contributed by atoms with E-state index in [0.29, 0.717) is 0 Å². The molecule has 0 fully saturated rings. The van der Waals surface area contributed by atoms with Gasteiger partial charge in [0.2, 0.25) is 0 Å². The lowest BCUT2D eigenvalue weighted by Crippen LogP contribution is -1.99. The Morgan fingerprint density at radius 2 is 1.80 bits per heavy atom. The summed E-state index contributed by atoms with van der Waals surface area (Å²) < 4.78 is 1.20. The summed E-state index contributed by atoms with van der Waals surface area (Å²) in [4.78, 5) is 0. The molecule has 0 spiro atoms. The van der Waals surface area contributed by atoms with Crippen molar-refractivity contribution in [2.45, 2.75) is 27.7 Å². The molecule has 2 heteroatoms. The van der Waals surface area contributed by atoms with Crippen LogP contribution in [-0.2, 0) is 0 Å². The molecule has 82 valence electrons. The summed E-state index contributed by atoms with van der Waals surface area (Å²) in [6.45, 7) is 9.34. The van der Waals surface area contributed by atoms with Gasteiger partial charge in [0.05, 0.1) is 0 Å². The minimum Gasteiger partial charge on any atom is -0.382 e. The smallest absolute Gasteiger partial charge is 0.0348 e. The highest BCUT2D eigenvalue weighted by Crippen LogP contribution is 2.24. The Labute approximate surface area is 101 Å². The highest BCUT2D eigenvalue weighted by Gasteiger charge is 2.00. The zero-order chi connectivity index (χ0) is 11.4. The van der Waals surface area contributed by atoms with E-state index in [1.807, 2.05) is 0 Å². The second-order valence-electron chi connectivity index (χ2n) is 4.09. The van der Waals surface area contributed by atoms with E-state index in [9.17, 15) is 0 Å². The molecule has 1 aromatic rings. The Kier molecular flexibility index (Phi) is 4.40. The molecule has 1 aromatic carbocycles. The van der Waals surface area contributed by atoms with Crippen molar-refractivity contribution in [3.8, 4) is 0 Å². The van der Waals surface area contributed by atoms with E-state index in [4.69, 9.17) is 0 Å². The fourth-order valence-electron chi connectivity index (χ4n) is 1.42. The normalized spacial score (nSPS) is 9.93. The third-order valence-corrected chi connectivity index (χ3v) is 3.50. The fraction of sp³-hybridized carbons (Fsp3) is 0.385. The SMILES string of the molecule is CC(C)=CCNc1cc(C)c(Br)c(C)c1. The first-order chi connectivity index (χ1) is 7.00. The zero-order valence-corrected chi connectivity index (χ0v) is 11.4. The van der Waals surface area contributed by atoms with Crippen LogP contribution >= 0.6 is 15.9 Å². The molecule has 15 heavy (non-hydrogen) atoms. The topological polar surface area (TPSA) is 12.0 Å². The predicted molar refractivity (Wildman–Crippen MR) is 71.5 cm³/mol. The van der Waals surface area contributed by atoms with Crippen LogP contribution in [0.15, 0.2) is 28.3 Å². The van der Waals surface area contributed by atoms with Crippen LogP contribution in [0.4, 0.5) is 5.69 Å². The number of hydrogen-bond acceptors (Lipinski definition) is 1. The Balaban J connectivity index is 2.75. The molecule has 1 N–H and O–H groups in total. The second-order valence-corrected chi connectivity index (χ2v) is 4.88. The minimum atomic E-state index is 0.892. The fourth-order valence-corrected chi connectivity index (χ4v) is 1.65. The van der Waals surface area contributed by atoms with Gasteiger partial charge >= 0.3 is 0 Å². The molecule has 0 bridgehead atoms. The first-order valence-electron chi connectivity index (χ1n) is 5.14. The molecular weight excluding hydrogens is 250 g/mol. The number of benzene rings is 1. The van der Waals surface area contributed by atoms with Gasteiger partial charge < -0.3 is 5.32 Å². The van der Waals surface area contributed by atoms with Gasteiger partial charge in [-0.3, -0.25) is 0 Å². The van der Waals surface area contributed by atoms with Crippen LogP contribution in [0.25, 0.3) is 0 Å². The zero-order valence-electron chi connectivity index (χ0n) is 9.82. The van der Waals surface area contributed by atoms with Crippen LogP contribution in [0.5, 0.6) is 0 Å². The maximum absolute atomic E-state index is 3.56. The Morgan fingerprint density at radius 3 is 2.27 bits per heavy atom. The van der Waals surface area contributed by atoms with Crippen molar-refractivity contribution in [1.29, 1.82) is 0 Å². The van der Waals surface area contributed by atoms with Gasteiger partial charge in [0.1, 0.15) is 0 Å². The Bertz CT molecular complexity index is 353. The maximum atomic E-state index is 3.56. The van der Waals surface area contributed by atoms with E-state index in [-0.39, 0.29) is 0 Å². The molecule has 1 rings (SSSR count). The van der Waals surface area contributed by atoms with Gasteiger partial charge in [0.15, 0.2) is 0 Å². The molecule has 0 aliphatic heterocycles. The summed E-state index contributed by atoms with van der Waals surface area (Å²) in [5.74, 6) is 0. The lowest BCUT2D eigenvalue weighted by Gasteiger charge is -2.09. The van der Waals surface area contributed by atoms with Crippen molar-refractivity contribution in [1.82, 2.24) is 0 Å². The summed E-state index contributed by atoms with van der Waals surface area (Å²) in [7, 11) is 0. The average Bonchev–Trinajstić information content (AvgIpc) is 2.13. The number of rotatable bonds is 3. The van der Waals surface area contributed by atoms with Gasteiger partial charge in [0.25, 0.3) is 0 Å². The number of anilines is 1. The minimum absolute atomic E-state index is 0.892. The lowest BCUT2D eigenvalue weighted by atomic mass is 10.1. The van der Waals surface area contributed by atoms with Crippen molar-refractivity contribution in [2.75, 3.05) is 11.9 Å². The predicted octanol–water partition coefficient (Wildman–Crippen LogP) is 4.44. The molecule has 0 atom stereocenters. The molecular formula is C13H18BrN. The lowest BCUT2D eigenvalue weighted by molar-refractivity contribution is 1.24. The Hall–Kier alpha value is -0.760. The summed E-state index contributed by atoms with van der Waals surface area (Å²) in [5, 5.41) is 3.39. The van der Waals surface area contributed by atoms with Gasteiger partial charge in [-0.1, -0.05) is 27.6 Å². The Morgan fingerprint density at radius 1 is 1.27 bits per heavy atom. The number of nitrogens with one attached hydrogen (secondary N) is 1. The quantitative estimate of drug-likeness (QED) is 0.799. The van der Waals surface area contributed by atoms with Crippen LogP contribution in [0.3, 0.4) is 0 Å². The molecule has 0 aliphatic carbocycles. The molecule has 0 amide bonds. The van der Waals surface area contributed by atoms with Crippen LogP contribution in [0.2, 0.25) is 0 Å². The summed E-state index contributed by atoms with van der Waals surface area (Å²) in [5.41, 5.74) is 5.07. The van der Waals surface area contributed by atoms with Crippen molar-refractivity contribution in [3.63, 3.8) is 0 Å². The number of halogens is 1. The largest absolute Gasteiger partial charge is 0.382 e. The average molecular weight is 268 g/mol. The van der Waals surface area contributed by atoms with Crippen LogP contribution in [0.1, 0.15) is 25.0 Å². The third-order valence-electron chi connectivity index (χ3n) is 2.25. The molecule has 0 radical (unpaired) electrons. The van der Waals surface area contributed by atoms with E-state index < -0.39 is 0 Å². The van der Waals surface area contributed by atoms with Crippen molar-refractivity contribution < 1.29 is 0 Å². The first kappa shape index (κ1) is 12.3. The summed E-state index contributed by atoms with van der Waals surface area (Å²) >= 11 is 3.56. The van der Waals surface area contributed by atoms with Crippen LogP contribution < -0.4 is 5.32 Å². The number of hydrogen-bond donors (Lipinski definition) is 1. The van der Waals surface area contributed by atoms with E-state index in [0.717, 1.165) is 6.54 Å². The molecule has 0 heterocycles. The molecule has 0 unspecified atom stereocenters. The van der Waals surface area contributed by atoms with Gasteiger partial charge in [-0.15, -0.1) is 0 Å². The van der Waals surface area contributed by atoms with Gasteiger partial charge in [0, 0.05) is 16.7 Å². The first-order valence-corrected chi connectivity index (χ1v) is 5.94. The molecule has 1 nitrogen and oxygen atoms in total. The van der Waals surface area contributed by atoms with Gasteiger partial charge in [-0.2, -0.15) is 0 Å². The molecule has 0 saturated carbocycles. The van der Waals surface area contributed by atoms with Crippen LogP contribution in [-0.4, -0.2) is 6.54 Å². The number of allylic oxidation sites excluding steroid dienone is 1. The third kappa shape index (κ3) is 3.71. The van der Waals surface area contributed by atoms with E-state index in [1.54, 1.807) is 0 Å². The highest BCUT2D eigenvalue weighted by atomic mass is 79.9. The number of aryl methyl sites for hydroxylation is 2.